The van der Waals surface area contributed by atoms with E-state index in [0.717, 1.165) is 43.0 Å². The van der Waals surface area contributed by atoms with Crippen LogP contribution in [0.2, 0.25) is 0 Å². The van der Waals surface area contributed by atoms with Gasteiger partial charge in [0.2, 0.25) is 0 Å². The van der Waals surface area contributed by atoms with Crippen LogP contribution in [0.5, 0.6) is 0 Å². The fourth-order valence-electron chi connectivity index (χ4n) is 3.68. The monoisotopic (exact) mass is 310 g/mol. The zero-order valence-corrected chi connectivity index (χ0v) is 13.7. The van der Waals surface area contributed by atoms with Gasteiger partial charge in [-0.15, -0.1) is 0 Å². The van der Waals surface area contributed by atoms with Crippen LogP contribution in [0.25, 0.3) is 11.0 Å². The van der Waals surface area contributed by atoms with E-state index in [2.05, 4.69) is 45.8 Å². The summed E-state index contributed by atoms with van der Waals surface area (Å²) in [7, 11) is 0. The van der Waals surface area contributed by atoms with E-state index < -0.39 is 0 Å². The third-order valence-corrected chi connectivity index (χ3v) is 4.70. The number of aryl methyl sites for hydroxylation is 2. The van der Waals surface area contributed by atoms with Gasteiger partial charge in [-0.25, -0.2) is 4.98 Å². The lowest BCUT2D eigenvalue weighted by Gasteiger charge is -2.23. The molecule has 0 amide bonds. The van der Waals surface area contributed by atoms with Gasteiger partial charge in [0.05, 0.1) is 29.3 Å². The molecule has 1 aliphatic rings. The number of fused-ring (bicyclic) bond motifs is 1. The molecule has 0 radical (unpaired) electrons. The second kappa shape index (κ2) is 5.81. The summed E-state index contributed by atoms with van der Waals surface area (Å²) in [5.41, 5.74) is 3.26. The van der Waals surface area contributed by atoms with Crippen LogP contribution in [-0.4, -0.2) is 26.2 Å². The number of likely N-dealkylation sites (tertiary alicyclic amines) is 1. The Morgan fingerprint density at radius 2 is 2.17 bits per heavy atom. The molecule has 0 spiro atoms. The first-order valence-corrected chi connectivity index (χ1v) is 8.37. The van der Waals surface area contributed by atoms with Crippen LogP contribution in [0.1, 0.15) is 43.1 Å². The van der Waals surface area contributed by atoms with Gasteiger partial charge in [0.15, 0.2) is 5.76 Å². The van der Waals surface area contributed by atoms with Crippen molar-refractivity contribution in [1.82, 2.24) is 19.6 Å². The summed E-state index contributed by atoms with van der Waals surface area (Å²) in [4.78, 5) is 7.40. The van der Waals surface area contributed by atoms with Crippen LogP contribution >= 0.6 is 0 Å². The summed E-state index contributed by atoms with van der Waals surface area (Å²) >= 11 is 0. The molecular formula is C18H22N4O. The van der Waals surface area contributed by atoms with E-state index in [1.54, 1.807) is 0 Å². The SMILES string of the molecule is CCn1c(C2CCCN2Cc2cc(C)no2)nc2ccccc21. The van der Waals surface area contributed by atoms with Crippen molar-refractivity contribution in [3.05, 3.63) is 47.6 Å². The molecule has 5 heteroatoms. The Morgan fingerprint density at radius 3 is 2.96 bits per heavy atom. The van der Waals surface area contributed by atoms with E-state index in [1.165, 1.54) is 17.8 Å². The fourth-order valence-corrected chi connectivity index (χ4v) is 3.68. The third kappa shape index (κ3) is 2.55. The van der Waals surface area contributed by atoms with E-state index in [9.17, 15) is 0 Å². The number of imidazole rings is 1. The molecule has 1 aromatic carbocycles. The Bertz CT molecular complexity index is 819. The van der Waals surface area contributed by atoms with Gasteiger partial charge in [0.25, 0.3) is 0 Å². The summed E-state index contributed by atoms with van der Waals surface area (Å²) in [5.74, 6) is 2.12. The molecule has 0 bridgehead atoms. The maximum atomic E-state index is 5.41. The van der Waals surface area contributed by atoms with E-state index in [-0.39, 0.29) is 0 Å². The van der Waals surface area contributed by atoms with Crippen molar-refractivity contribution in [2.24, 2.45) is 0 Å². The molecule has 2 aromatic heterocycles. The standard InChI is InChI=1S/C18H22N4O/c1-3-22-16-8-5-4-7-15(16)19-18(22)17-9-6-10-21(17)12-14-11-13(2)20-23-14/h4-5,7-8,11,17H,3,6,9-10,12H2,1-2H3. The molecule has 0 aliphatic carbocycles. The van der Waals surface area contributed by atoms with Crippen LogP contribution in [-0.2, 0) is 13.1 Å². The Morgan fingerprint density at radius 1 is 1.30 bits per heavy atom. The van der Waals surface area contributed by atoms with Gasteiger partial charge < -0.3 is 9.09 Å². The van der Waals surface area contributed by atoms with E-state index >= 15 is 0 Å². The van der Waals surface area contributed by atoms with Crippen molar-refractivity contribution < 1.29 is 4.52 Å². The highest BCUT2D eigenvalue weighted by Crippen LogP contribution is 2.34. The molecular weight excluding hydrogens is 288 g/mol. The summed E-state index contributed by atoms with van der Waals surface area (Å²) < 4.78 is 7.76. The quantitative estimate of drug-likeness (QED) is 0.737. The molecule has 23 heavy (non-hydrogen) atoms. The average Bonchev–Trinajstić information content (AvgIpc) is 3.25. The lowest BCUT2D eigenvalue weighted by molar-refractivity contribution is 0.207. The fraction of sp³-hybridized carbons (Fsp3) is 0.444. The molecule has 4 rings (SSSR count). The number of nitrogens with zero attached hydrogens (tertiary/aromatic N) is 4. The molecule has 1 aliphatic heterocycles. The number of aromatic nitrogens is 3. The molecule has 1 atom stereocenters. The smallest absolute Gasteiger partial charge is 0.150 e. The second-order valence-corrected chi connectivity index (χ2v) is 6.27. The van der Waals surface area contributed by atoms with Gasteiger partial charge in [-0.3, -0.25) is 4.90 Å². The van der Waals surface area contributed by atoms with Crippen LogP contribution in [0.4, 0.5) is 0 Å². The molecule has 1 saturated heterocycles. The summed E-state index contributed by atoms with van der Waals surface area (Å²) in [6.07, 6.45) is 2.35. The molecule has 120 valence electrons. The number of para-hydroxylation sites is 2. The second-order valence-electron chi connectivity index (χ2n) is 6.27. The zero-order valence-electron chi connectivity index (χ0n) is 13.7. The first-order valence-electron chi connectivity index (χ1n) is 8.37. The largest absolute Gasteiger partial charge is 0.360 e. The highest BCUT2D eigenvalue weighted by atomic mass is 16.5. The highest BCUT2D eigenvalue weighted by molar-refractivity contribution is 5.76. The highest BCUT2D eigenvalue weighted by Gasteiger charge is 2.31. The van der Waals surface area contributed by atoms with Crippen molar-refractivity contribution >= 4 is 11.0 Å². The molecule has 5 nitrogen and oxygen atoms in total. The Balaban J connectivity index is 1.68. The summed E-state index contributed by atoms with van der Waals surface area (Å²) in [6.45, 7) is 6.99. The predicted molar refractivity (Wildman–Crippen MR) is 89.0 cm³/mol. The van der Waals surface area contributed by atoms with Crippen molar-refractivity contribution in [2.75, 3.05) is 6.54 Å². The van der Waals surface area contributed by atoms with Crippen molar-refractivity contribution in [2.45, 2.75) is 45.8 Å². The molecule has 3 heterocycles. The zero-order chi connectivity index (χ0) is 15.8. The van der Waals surface area contributed by atoms with Gasteiger partial charge in [-0.2, -0.15) is 0 Å². The summed E-state index contributed by atoms with van der Waals surface area (Å²) in [5, 5.41) is 4.00. The topological polar surface area (TPSA) is 47.1 Å². The van der Waals surface area contributed by atoms with Crippen LogP contribution in [0.3, 0.4) is 0 Å². The van der Waals surface area contributed by atoms with Gasteiger partial charge in [0, 0.05) is 12.6 Å². The normalized spacial score (nSPS) is 19.0. The molecule has 1 fully saturated rings. The minimum absolute atomic E-state index is 0.354. The van der Waals surface area contributed by atoms with Gasteiger partial charge in [-0.1, -0.05) is 17.3 Å². The maximum absolute atomic E-state index is 5.41. The number of benzene rings is 1. The van der Waals surface area contributed by atoms with E-state index in [0.29, 0.717) is 6.04 Å². The summed E-state index contributed by atoms with van der Waals surface area (Å²) in [6, 6.07) is 10.8. The molecule has 0 N–H and O–H groups in total. The van der Waals surface area contributed by atoms with E-state index in [4.69, 9.17) is 9.51 Å². The first-order chi connectivity index (χ1) is 11.3. The third-order valence-electron chi connectivity index (χ3n) is 4.70. The Labute approximate surface area is 135 Å². The van der Waals surface area contributed by atoms with Crippen molar-refractivity contribution in [3.8, 4) is 0 Å². The lowest BCUT2D eigenvalue weighted by Crippen LogP contribution is -2.25. The molecule has 0 saturated carbocycles. The minimum Gasteiger partial charge on any atom is -0.360 e. The van der Waals surface area contributed by atoms with Gasteiger partial charge in [0.1, 0.15) is 5.82 Å². The molecule has 1 unspecified atom stereocenters. The number of rotatable bonds is 4. The maximum Gasteiger partial charge on any atom is 0.150 e. The average molecular weight is 310 g/mol. The van der Waals surface area contributed by atoms with Gasteiger partial charge in [-0.05, 0) is 45.4 Å². The van der Waals surface area contributed by atoms with Crippen LogP contribution < -0.4 is 0 Å². The van der Waals surface area contributed by atoms with Crippen LogP contribution in [0, 0.1) is 6.92 Å². The lowest BCUT2D eigenvalue weighted by atomic mass is 10.2. The Hall–Kier alpha value is -2.14. The number of hydrogen-bond donors (Lipinski definition) is 0. The predicted octanol–water partition coefficient (Wildman–Crippen LogP) is 3.69. The minimum atomic E-state index is 0.354. The van der Waals surface area contributed by atoms with Gasteiger partial charge >= 0.3 is 0 Å². The van der Waals surface area contributed by atoms with Crippen molar-refractivity contribution in [3.63, 3.8) is 0 Å². The molecule has 3 aromatic rings. The Kier molecular flexibility index (Phi) is 3.65. The first kappa shape index (κ1) is 14.5. The van der Waals surface area contributed by atoms with Crippen molar-refractivity contribution in [1.29, 1.82) is 0 Å². The van der Waals surface area contributed by atoms with E-state index in [1.807, 2.05) is 13.0 Å². The van der Waals surface area contributed by atoms with Crippen LogP contribution in [0.15, 0.2) is 34.9 Å². The number of hydrogen-bond acceptors (Lipinski definition) is 4.